The Labute approximate surface area is 51.8 Å². The zero-order valence-corrected chi connectivity index (χ0v) is 5.03. The molecule has 0 spiro atoms. The molecular weight excluding hydrogens is 118 g/mol. The Bertz CT molecular complexity index is 194. The first-order chi connectivity index (χ1) is 3.93. The molecule has 1 rings (SSSR count). The summed E-state index contributed by atoms with van der Waals surface area (Å²) in [5.41, 5.74) is 0. The van der Waals surface area contributed by atoms with E-state index in [0.29, 0.717) is 0 Å². The molecule has 0 unspecified atom stereocenters. The van der Waals surface area contributed by atoms with Gasteiger partial charge in [-0.2, -0.15) is 0 Å². The molecule has 1 heterocycles. The second kappa shape index (κ2) is 2.46. The normalized spacial score (nSPS) is 8.00. The van der Waals surface area contributed by atoms with Crippen LogP contribution in [0.2, 0.25) is 0 Å². The quantitative estimate of drug-likeness (QED) is 0.552. The summed E-state index contributed by atoms with van der Waals surface area (Å²) in [6.07, 6.45) is 1.64. The molecule has 40 valence electrons. The van der Waals surface area contributed by atoms with Crippen molar-refractivity contribution in [3.05, 3.63) is 22.4 Å². The van der Waals surface area contributed by atoms with Gasteiger partial charge in [0, 0.05) is 11.0 Å². The molecule has 1 N–H and O–H groups in total. The Morgan fingerprint density at radius 1 is 1.75 bits per heavy atom. The second-order valence-corrected chi connectivity index (χ2v) is 2.28. The topological polar surface area (TPSA) is 23.9 Å². The largest absolute Gasteiger partial charge is 0.259 e. The number of rotatable bonds is 1. The molecule has 0 aromatic carbocycles. The Balaban J connectivity index is 2.93. The fourth-order valence-corrected chi connectivity index (χ4v) is 1.04. The van der Waals surface area contributed by atoms with E-state index in [2.05, 4.69) is 5.87 Å². The molecule has 2 heteroatoms. The lowest BCUT2D eigenvalue weighted by atomic mass is 10.5. The Morgan fingerprint density at radius 2 is 2.62 bits per heavy atom. The summed E-state index contributed by atoms with van der Waals surface area (Å²) in [5, 5.41) is 8.56. The highest BCUT2D eigenvalue weighted by atomic mass is 32.1. The summed E-state index contributed by atoms with van der Waals surface area (Å²) >= 11 is 1.61. The van der Waals surface area contributed by atoms with Gasteiger partial charge in [-0.15, -0.1) is 11.3 Å². The van der Waals surface area contributed by atoms with Crippen molar-refractivity contribution in [3.8, 4) is 0 Å². The van der Waals surface area contributed by atoms with Gasteiger partial charge in [0.15, 0.2) is 0 Å². The van der Waals surface area contributed by atoms with E-state index >= 15 is 0 Å². The maximum atomic E-state index is 6.58. The zero-order valence-electron chi connectivity index (χ0n) is 4.22. The third-order valence-electron chi connectivity index (χ3n) is 0.758. The van der Waals surface area contributed by atoms with Crippen LogP contribution in [0.4, 0.5) is 0 Å². The van der Waals surface area contributed by atoms with Crippen LogP contribution in [0, 0.1) is 5.41 Å². The lowest BCUT2D eigenvalue weighted by molar-refractivity contribution is 1.60. The first-order valence-corrected chi connectivity index (χ1v) is 3.10. The second-order valence-electron chi connectivity index (χ2n) is 1.30. The van der Waals surface area contributed by atoms with Crippen molar-refractivity contribution in [2.24, 2.45) is 0 Å². The van der Waals surface area contributed by atoms with Crippen molar-refractivity contribution in [2.75, 3.05) is 0 Å². The molecule has 8 heavy (non-hydrogen) atoms. The highest BCUT2D eigenvalue weighted by Crippen LogP contribution is 2.07. The Hall–Kier alpha value is -0.850. The zero-order chi connectivity index (χ0) is 5.82. The summed E-state index contributed by atoms with van der Waals surface area (Å²) in [6.45, 7) is 0. The van der Waals surface area contributed by atoms with E-state index in [1.54, 1.807) is 17.4 Å². The number of hydrogen-bond donors (Lipinski definition) is 1. The van der Waals surface area contributed by atoms with E-state index in [0.717, 1.165) is 4.88 Å². The van der Waals surface area contributed by atoms with Crippen molar-refractivity contribution in [3.63, 3.8) is 0 Å². The molecule has 0 radical (unpaired) electrons. The number of thiophene rings is 1. The number of nitrogens with one attached hydrogen (secondary N) is 1. The Morgan fingerprint density at radius 3 is 3.12 bits per heavy atom. The molecule has 0 aliphatic rings. The predicted octanol–water partition coefficient (Wildman–Crippen LogP) is 2.01. The van der Waals surface area contributed by atoms with Crippen LogP contribution in [0.15, 0.2) is 17.5 Å². The van der Waals surface area contributed by atoms with Gasteiger partial charge in [0.2, 0.25) is 0 Å². The van der Waals surface area contributed by atoms with Crippen LogP contribution in [-0.4, -0.2) is 5.87 Å². The fourth-order valence-electron chi connectivity index (χ4n) is 0.445. The van der Waals surface area contributed by atoms with Gasteiger partial charge >= 0.3 is 0 Å². The molecular formula is C6H5NS. The van der Waals surface area contributed by atoms with Crippen molar-refractivity contribution in [1.82, 2.24) is 0 Å². The van der Waals surface area contributed by atoms with Crippen LogP contribution < -0.4 is 0 Å². The highest BCUT2D eigenvalue weighted by molar-refractivity contribution is 7.10. The minimum Gasteiger partial charge on any atom is -0.259 e. The summed E-state index contributed by atoms with van der Waals surface area (Å²) in [4.78, 5) is 1.08. The standard InChI is InChI=1S/C6H5NS/c7-4-3-6-2-1-5-8-6/h1-3,5,7H. The van der Waals surface area contributed by atoms with E-state index in [4.69, 9.17) is 5.41 Å². The molecule has 1 aromatic rings. The van der Waals surface area contributed by atoms with E-state index in [1.807, 2.05) is 17.5 Å². The van der Waals surface area contributed by atoms with Crippen LogP contribution in [0.5, 0.6) is 0 Å². The van der Waals surface area contributed by atoms with Crippen molar-refractivity contribution in [1.29, 1.82) is 5.41 Å². The van der Waals surface area contributed by atoms with Crippen LogP contribution in [0.25, 0.3) is 6.08 Å². The van der Waals surface area contributed by atoms with Crippen molar-refractivity contribution in [2.45, 2.75) is 0 Å². The first kappa shape index (κ1) is 5.29. The van der Waals surface area contributed by atoms with E-state index in [1.165, 1.54) is 0 Å². The SMILES string of the molecule is N=C=Cc1cccs1. The molecule has 0 aliphatic carbocycles. The third-order valence-corrected chi connectivity index (χ3v) is 1.58. The highest BCUT2D eigenvalue weighted by Gasteiger charge is 1.80. The predicted molar refractivity (Wildman–Crippen MR) is 36.5 cm³/mol. The van der Waals surface area contributed by atoms with Gasteiger partial charge in [-0.05, 0) is 17.3 Å². The maximum Gasteiger partial charge on any atom is 0.0362 e. The van der Waals surface area contributed by atoms with Gasteiger partial charge in [0.25, 0.3) is 0 Å². The monoisotopic (exact) mass is 123 g/mol. The molecule has 1 aromatic heterocycles. The summed E-state index contributed by atoms with van der Waals surface area (Å²) in [6, 6.07) is 3.90. The summed E-state index contributed by atoms with van der Waals surface area (Å²) in [5.74, 6) is 2.21. The molecule has 0 saturated carbocycles. The summed E-state index contributed by atoms with van der Waals surface area (Å²) in [7, 11) is 0. The van der Waals surface area contributed by atoms with Gasteiger partial charge in [0.05, 0.1) is 0 Å². The minimum absolute atomic E-state index is 1.08. The van der Waals surface area contributed by atoms with E-state index in [-0.39, 0.29) is 0 Å². The van der Waals surface area contributed by atoms with Gasteiger partial charge in [-0.1, -0.05) is 6.07 Å². The minimum atomic E-state index is 1.08. The molecule has 0 saturated heterocycles. The third kappa shape index (κ3) is 1.06. The summed E-state index contributed by atoms with van der Waals surface area (Å²) < 4.78 is 0. The first-order valence-electron chi connectivity index (χ1n) is 2.22. The molecule has 1 nitrogen and oxygen atoms in total. The Kier molecular flexibility index (Phi) is 1.62. The smallest absolute Gasteiger partial charge is 0.0362 e. The molecule has 0 bridgehead atoms. The van der Waals surface area contributed by atoms with Crippen LogP contribution in [0.3, 0.4) is 0 Å². The van der Waals surface area contributed by atoms with Crippen LogP contribution >= 0.6 is 11.3 Å². The maximum absolute atomic E-state index is 6.58. The number of hydrogen-bond acceptors (Lipinski definition) is 2. The van der Waals surface area contributed by atoms with E-state index < -0.39 is 0 Å². The molecule has 0 amide bonds. The van der Waals surface area contributed by atoms with Gasteiger partial charge in [-0.3, -0.25) is 5.41 Å². The van der Waals surface area contributed by atoms with Crippen LogP contribution in [-0.2, 0) is 0 Å². The molecule has 0 aliphatic heterocycles. The fraction of sp³-hybridized carbons (Fsp3) is 0. The average Bonchev–Trinajstić information content (AvgIpc) is 2.19. The molecule has 0 atom stereocenters. The van der Waals surface area contributed by atoms with Crippen LogP contribution in [0.1, 0.15) is 4.88 Å². The average molecular weight is 123 g/mol. The van der Waals surface area contributed by atoms with Gasteiger partial charge in [0.1, 0.15) is 0 Å². The van der Waals surface area contributed by atoms with Crippen molar-refractivity contribution < 1.29 is 0 Å². The molecule has 0 fully saturated rings. The lowest BCUT2D eigenvalue weighted by Crippen LogP contribution is -1.51. The van der Waals surface area contributed by atoms with Gasteiger partial charge in [-0.25, -0.2) is 0 Å². The van der Waals surface area contributed by atoms with Crippen molar-refractivity contribution >= 4 is 23.3 Å². The lowest BCUT2D eigenvalue weighted by Gasteiger charge is -1.70. The van der Waals surface area contributed by atoms with E-state index in [9.17, 15) is 0 Å². The van der Waals surface area contributed by atoms with Gasteiger partial charge < -0.3 is 0 Å².